The standard InChI is InChI=1S/C9H16N2/c1-7(10)8-5-3-4-6-9(8)11-2/h3-6,10H2,1-2H3. The Morgan fingerprint density at radius 1 is 1.36 bits per heavy atom. The van der Waals surface area contributed by atoms with Crippen LogP contribution in [0.3, 0.4) is 0 Å². The lowest BCUT2D eigenvalue weighted by molar-refractivity contribution is 0.726. The molecule has 11 heavy (non-hydrogen) atoms. The average molecular weight is 152 g/mol. The number of nitrogens with two attached hydrogens (primary N) is 1. The van der Waals surface area contributed by atoms with E-state index in [-0.39, 0.29) is 0 Å². The molecule has 1 rings (SSSR count). The lowest BCUT2D eigenvalue weighted by atomic mass is 9.91. The second kappa shape index (κ2) is 3.56. The topological polar surface area (TPSA) is 38.4 Å². The molecule has 0 heterocycles. The molecule has 2 heteroatoms. The monoisotopic (exact) mass is 152 g/mol. The molecule has 0 spiro atoms. The third-order valence-corrected chi connectivity index (χ3v) is 2.18. The van der Waals surface area contributed by atoms with E-state index in [9.17, 15) is 0 Å². The Morgan fingerprint density at radius 2 is 2.00 bits per heavy atom. The molecule has 2 N–H and O–H groups in total. The Hall–Kier alpha value is -0.790. The summed E-state index contributed by atoms with van der Waals surface area (Å²) >= 11 is 0. The second-order valence-electron chi connectivity index (χ2n) is 3.04. The average Bonchev–Trinajstić information content (AvgIpc) is 2.04. The van der Waals surface area contributed by atoms with Crippen LogP contribution in [-0.4, -0.2) is 12.8 Å². The molecule has 1 fully saturated rings. The molecule has 1 saturated carbocycles. The Morgan fingerprint density at radius 3 is 2.45 bits per heavy atom. The first-order valence-electron chi connectivity index (χ1n) is 4.17. The summed E-state index contributed by atoms with van der Waals surface area (Å²) in [4.78, 5) is 4.23. The first-order chi connectivity index (χ1) is 5.25. The van der Waals surface area contributed by atoms with Crippen molar-refractivity contribution in [1.82, 2.24) is 0 Å². The summed E-state index contributed by atoms with van der Waals surface area (Å²) in [6.07, 6.45) is 4.77. The zero-order valence-corrected chi connectivity index (χ0v) is 7.35. The van der Waals surface area contributed by atoms with Crippen molar-refractivity contribution in [3.8, 4) is 0 Å². The summed E-state index contributed by atoms with van der Waals surface area (Å²) < 4.78 is 0. The van der Waals surface area contributed by atoms with Gasteiger partial charge in [0, 0.05) is 18.5 Å². The Bertz CT molecular complexity index is 198. The number of aliphatic imine (C=N–C) groups is 1. The molecule has 0 aliphatic heterocycles. The molecule has 1 aliphatic rings. The van der Waals surface area contributed by atoms with Gasteiger partial charge >= 0.3 is 0 Å². The van der Waals surface area contributed by atoms with Gasteiger partial charge < -0.3 is 5.73 Å². The highest BCUT2D eigenvalue weighted by Gasteiger charge is 2.13. The van der Waals surface area contributed by atoms with Crippen LogP contribution in [0.15, 0.2) is 16.3 Å². The van der Waals surface area contributed by atoms with Crippen molar-refractivity contribution < 1.29 is 0 Å². The van der Waals surface area contributed by atoms with Crippen LogP contribution in [0.25, 0.3) is 0 Å². The van der Waals surface area contributed by atoms with Crippen molar-refractivity contribution in [3.63, 3.8) is 0 Å². The molecular weight excluding hydrogens is 136 g/mol. The highest BCUT2D eigenvalue weighted by Crippen LogP contribution is 2.21. The van der Waals surface area contributed by atoms with E-state index in [2.05, 4.69) is 4.99 Å². The van der Waals surface area contributed by atoms with E-state index >= 15 is 0 Å². The van der Waals surface area contributed by atoms with Gasteiger partial charge in [0.2, 0.25) is 0 Å². The van der Waals surface area contributed by atoms with Crippen LogP contribution in [0.4, 0.5) is 0 Å². The maximum absolute atomic E-state index is 5.73. The van der Waals surface area contributed by atoms with Crippen LogP contribution in [0, 0.1) is 0 Å². The lowest BCUT2D eigenvalue weighted by Crippen LogP contribution is -2.13. The lowest BCUT2D eigenvalue weighted by Gasteiger charge is -2.17. The van der Waals surface area contributed by atoms with Gasteiger partial charge in [-0.25, -0.2) is 0 Å². The van der Waals surface area contributed by atoms with Crippen LogP contribution in [0.1, 0.15) is 32.6 Å². The molecule has 0 aromatic carbocycles. The van der Waals surface area contributed by atoms with Gasteiger partial charge in [0.05, 0.1) is 0 Å². The van der Waals surface area contributed by atoms with E-state index in [0.717, 1.165) is 18.5 Å². The summed E-state index contributed by atoms with van der Waals surface area (Å²) in [6.45, 7) is 1.96. The smallest absolute Gasteiger partial charge is 0.0393 e. The third kappa shape index (κ3) is 1.82. The Kier molecular flexibility index (Phi) is 2.69. The molecular formula is C9H16N2. The predicted molar refractivity (Wildman–Crippen MR) is 48.7 cm³/mol. The molecule has 0 aromatic rings. The van der Waals surface area contributed by atoms with Gasteiger partial charge in [0.25, 0.3) is 0 Å². The normalized spacial score (nSPS) is 27.3. The zero-order valence-electron chi connectivity index (χ0n) is 7.35. The van der Waals surface area contributed by atoms with E-state index in [0.29, 0.717) is 0 Å². The van der Waals surface area contributed by atoms with E-state index in [1.807, 2.05) is 14.0 Å². The van der Waals surface area contributed by atoms with Gasteiger partial charge in [-0.2, -0.15) is 0 Å². The minimum absolute atomic E-state index is 0.949. The Balaban J connectivity index is 2.84. The highest BCUT2D eigenvalue weighted by molar-refractivity contribution is 6.01. The van der Waals surface area contributed by atoms with Gasteiger partial charge in [-0.3, -0.25) is 4.99 Å². The minimum atomic E-state index is 0.949. The van der Waals surface area contributed by atoms with Gasteiger partial charge in [0.15, 0.2) is 0 Å². The van der Waals surface area contributed by atoms with E-state index in [1.54, 1.807) is 0 Å². The van der Waals surface area contributed by atoms with Crippen LogP contribution < -0.4 is 5.73 Å². The largest absolute Gasteiger partial charge is 0.402 e. The molecule has 0 bridgehead atoms. The predicted octanol–water partition coefficient (Wildman–Crippen LogP) is 1.86. The number of nitrogens with zero attached hydrogens (tertiary/aromatic N) is 1. The SMILES string of the molecule is CN=C1CCCCC1=C(C)N. The fourth-order valence-electron chi connectivity index (χ4n) is 1.56. The fourth-order valence-corrected chi connectivity index (χ4v) is 1.56. The Labute approximate surface area is 68.2 Å². The van der Waals surface area contributed by atoms with Crippen LogP contribution in [-0.2, 0) is 0 Å². The van der Waals surface area contributed by atoms with Crippen LogP contribution in [0.2, 0.25) is 0 Å². The quantitative estimate of drug-likeness (QED) is 0.565. The van der Waals surface area contributed by atoms with Gasteiger partial charge in [-0.05, 0) is 38.2 Å². The van der Waals surface area contributed by atoms with Crippen molar-refractivity contribution in [2.24, 2.45) is 10.7 Å². The molecule has 0 amide bonds. The second-order valence-corrected chi connectivity index (χ2v) is 3.04. The van der Waals surface area contributed by atoms with Crippen LogP contribution >= 0.6 is 0 Å². The van der Waals surface area contributed by atoms with Crippen molar-refractivity contribution in [3.05, 3.63) is 11.3 Å². The zero-order chi connectivity index (χ0) is 8.27. The van der Waals surface area contributed by atoms with E-state index in [4.69, 9.17) is 5.73 Å². The van der Waals surface area contributed by atoms with Crippen molar-refractivity contribution in [1.29, 1.82) is 0 Å². The van der Waals surface area contributed by atoms with Crippen molar-refractivity contribution in [2.45, 2.75) is 32.6 Å². The number of hydrogen-bond acceptors (Lipinski definition) is 2. The molecule has 0 atom stereocenters. The summed E-state index contributed by atoms with van der Waals surface area (Å²) in [5, 5.41) is 0. The molecule has 62 valence electrons. The van der Waals surface area contributed by atoms with Crippen molar-refractivity contribution in [2.75, 3.05) is 7.05 Å². The van der Waals surface area contributed by atoms with Gasteiger partial charge in [-0.1, -0.05) is 0 Å². The third-order valence-electron chi connectivity index (χ3n) is 2.18. The maximum atomic E-state index is 5.73. The molecule has 0 aromatic heterocycles. The first kappa shape index (κ1) is 8.31. The number of rotatable bonds is 0. The summed E-state index contributed by atoms with van der Waals surface area (Å²) in [5.41, 5.74) is 9.19. The summed E-state index contributed by atoms with van der Waals surface area (Å²) in [5.74, 6) is 0. The maximum Gasteiger partial charge on any atom is 0.0393 e. The van der Waals surface area contributed by atoms with E-state index < -0.39 is 0 Å². The van der Waals surface area contributed by atoms with Crippen molar-refractivity contribution >= 4 is 5.71 Å². The summed E-state index contributed by atoms with van der Waals surface area (Å²) in [6, 6.07) is 0. The molecule has 0 radical (unpaired) electrons. The van der Waals surface area contributed by atoms with Gasteiger partial charge in [0.1, 0.15) is 0 Å². The molecule has 0 unspecified atom stereocenters. The fraction of sp³-hybridized carbons (Fsp3) is 0.667. The van der Waals surface area contributed by atoms with Crippen LogP contribution in [0.5, 0.6) is 0 Å². The number of hydrogen-bond donors (Lipinski definition) is 1. The summed E-state index contributed by atoms with van der Waals surface area (Å²) in [7, 11) is 1.85. The van der Waals surface area contributed by atoms with E-state index in [1.165, 1.54) is 24.1 Å². The number of allylic oxidation sites excluding steroid dienone is 2. The van der Waals surface area contributed by atoms with Gasteiger partial charge in [-0.15, -0.1) is 0 Å². The molecule has 2 nitrogen and oxygen atoms in total. The minimum Gasteiger partial charge on any atom is -0.402 e. The molecule has 0 saturated heterocycles. The first-order valence-corrected chi connectivity index (χ1v) is 4.17. The highest BCUT2D eigenvalue weighted by atomic mass is 14.7. The molecule has 1 aliphatic carbocycles.